The minimum Gasteiger partial charge on any atom is -0.406 e. The van der Waals surface area contributed by atoms with Gasteiger partial charge in [-0.25, -0.2) is 9.97 Å². The number of carbonyl (C=O) groups excluding carboxylic acids is 1. The van der Waals surface area contributed by atoms with Crippen LogP contribution in [0.3, 0.4) is 0 Å². The number of nitrogens with one attached hydrogen (secondary N) is 1. The largest absolute Gasteiger partial charge is 0.573 e. The Labute approximate surface area is 182 Å². The van der Waals surface area contributed by atoms with Crippen molar-refractivity contribution in [2.45, 2.75) is 52.2 Å². The molecule has 0 saturated heterocycles. The number of alkyl halides is 3. The van der Waals surface area contributed by atoms with Crippen LogP contribution in [0.2, 0.25) is 0 Å². The van der Waals surface area contributed by atoms with E-state index in [4.69, 9.17) is 4.74 Å². The van der Waals surface area contributed by atoms with Crippen LogP contribution in [0.1, 0.15) is 54.9 Å². The van der Waals surface area contributed by atoms with Gasteiger partial charge in [-0.3, -0.25) is 9.78 Å². The second-order valence-corrected chi connectivity index (χ2v) is 7.57. The molecule has 2 atom stereocenters. The van der Waals surface area contributed by atoms with Crippen molar-refractivity contribution in [1.29, 1.82) is 0 Å². The predicted molar refractivity (Wildman–Crippen MR) is 110 cm³/mol. The summed E-state index contributed by atoms with van der Waals surface area (Å²) in [5.74, 6) is -0.419. The SMILES string of the molecule is CO[C@H](C)[C@H](NC(=O)c1cnc(C)cn1)c1nc2cc(OC(F)(F)F)ccc2n1C(C)C. The lowest BCUT2D eigenvalue weighted by Crippen LogP contribution is -2.38. The average Bonchev–Trinajstić information content (AvgIpc) is 3.09. The van der Waals surface area contributed by atoms with Crippen LogP contribution in [-0.4, -0.2) is 45.0 Å². The zero-order chi connectivity index (χ0) is 23.6. The minimum absolute atomic E-state index is 0.105. The summed E-state index contributed by atoms with van der Waals surface area (Å²) in [5.41, 5.74) is 1.69. The first-order chi connectivity index (χ1) is 15.0. The van der Waals surface area contributed by atoms with Gasteiger partial charge in [-0.05, 0) is 39.8 Å². The second kappa shape index (κ2) is 9.11. The lowest BCUT2D eigenvalue weighted by Gasteiger charge is -2.26. The summed E-state index contributed by atoms with van der Waals surface area (Å²) < 4.78 is 49.3. The first-order valence-electron chi connectivity index (χ1n) is 9.90. The predicted octanol–water partition coefficient (Wildman–Crippen LogP) is 4.12. The molecule has 3 rings (SSSR count). The number of halogens is 3. The van der Waals surface area contributed by atoms with E-state index in [1.165, 1.54) is 37.7 Å². The van der Waals surface area contributed by atoms with Gasteiger partial charge in [0.1, 0.15) is 23.3 Å². The Hall–Kier alpha value is -3.21. The highest BCUT2D eigenvalue weighted by atomic mass is 19.4. The highest BCUT2D eigenvalue weighted by molar-refractivity contribution is 5.92. The normalized spacial score (nSPS) is 13.9. The van der Waals surface area contributed by atoms with Crippen LogP contribution in [0.15, 0.2) is 30.6 Å². The molecule has 0 saturated carbocycles. The molecule has 2 heterocycles. The van der Waals surface area contributed by atoms with Crippen LogP contribution in [0.5, 0.6) is 5.75 Å². The van der Waals surface area contributed by atoms with Gasteiger partial charge in [-0.15, -0.1) is 13.2 Å². The third kappa shape index (κ3) is 5.16. The van der Waals surface area contributed by atoms with Gasteiger partial charge in [0.2, 0.25) is 0 Å². The van der Waals surface area contributed by atoms with Crippen molar-refractivity contribution < 1.29 is 27.4 Å². The molecule has 0 aliphatic heterocycles. The van der Waals surface area contributed by atoms with Gasteiger partial charge in [-0.1, -0.05) is 0 Å². The van der Waals surface area contributed by atoms with E-state index in [2.05, 4.69) is 25.0 Å². The Morgan fingerprint density at radius 2 is 1.88 bits per heavy atom. The Morgan fingerprint density at radius 1 is 1.16 bits per heavy atom. The summed E-state index contributed by atoms with van der Waals surface area (Å²) >= 11 is 0. The number of benzene rings is 1. The van der Waals surface area contributed by atoms with Gasteiger partial charge in [0, 0.05) is 25.4 Å². The van der Waals surface area contributed by atoms with Crippen LogP contribution in [0.25, 0.3) is 11.0 Å². The number of amides is 1. The monoisotopic (exact) mass is 451 g/mol. The van der Waals surface area contributed by atoms with Crippen molar-refractivity contribution >= 4 is 16.9 Å². The molecule has 1 N–H and O–H groups in total. The lowest BCUT2D eigenvalue weighted by atomic mass is 10.1. The maximum Gasteiger partial charge on any atom is 0.573 e. The fourth-order valence-corrected chi connectivity index (χ4v) is 3.31. The molecule has 11 heteroatoms. The molecule has 32 heavy (non-hydrogen) atoms. The van der Waals surface area contributed by atoms with Crippen LogP contribution in [-0.2, 0) is 4.74 Å². The number of hydrogen-bond donors (Lipinski definition) is 1. The molecule has 172 valence electrons. The maximum absolute atomic E-state index is 12.8. The third-order valence-electron chi connectivity index (χ3n) is 4.86. The van der Waals surface area contributed by atoms with Crippen molar-refractivity contribution in [3.63, 3.8) is 0 Å². The van der Waals surface area contributed by atoms with E-state index < -0.39 is 24.4 Å². The zero-order valence-corrected chi connectivity index (χ0v) is 18.3. The molecule has 2 aromatic heterocycles. The standard InChI is InChI=1S/C21H24F3N5O3/c1-11(2)29-17-7-6-14(32-21(22,23)24)8-15(17)27-19(29)18(13(4)31-5)28-20(30)16-10-25-12(3)9-26-16/h6-11,13,18H,1-5H3,(H,28,30)/t13-,18+/m1/s1. The zero-order valence-electron chi connectivity index (χ0n) is 18.3. The van der Waals surface area contributed by atoms with E-state index in [9.17, 15) is 18.0 Å². The second-order valence-electron chi connectivity index (χ2n) is 7.57. The molecule has 0 unspecified atom stereocenters. The topological polar surface area (TPSA) is 91.2 Å². The van der Waals surface area contributed by atoms with E-state index in [0.717, 1.165) is 0 Å². The highest BCUT2D eigenvalue weighted by Gasteiger charge is 2.32. The molecule has 0 spiro atoms. The summed E-state index contributed by atoms with van der Waals surface area (Å²) in [5, 5.41) is 2.87. The molecular formula is C21H24F3N5O3. The number of imidazole rings is 1. The van der Waals surface area contributed by atoms with Crippen molar-refractivity contribution in [1.82, 2.24) is 24.8 Å². The first-order valence-corrected chi connectivity index (χ1v) is 9.90. The fourth-order valence-electron chi connectivity index (χ4n) is 3.31. The lowest BCUT2D eigenvalue weighted by molar-refractivity contribution is -0.274. The maximum atomic E-state index is 12.8. The number of fused-ring (bicyclic) bond motifs is 1. The van der Waals surface area contributed by atoms with Gasteiger partial charge in [0.15, 0.2) is 0 Å². The van der Waals surface area contributed by atoms with Crippen LogP contribution >= 0.6 is 0 Å². The van der Waals surface area contributed by atoms with Crippen LogP contribution < -0.4 is 10.1 Å². The van der Waals surface area contributed by atoms with Crippen molar-refractivity contribution in [2.75, 3.05) is 7.11 Å². The number of aryl methyl sites for hydroxylation is 1. The van der Waals surface area contributed by atoms with E-state index in [1.54, 1.807) is 13.8 Å². The molecule has 0 radical (unpaired) electrons. The Kier molecular flexibility index (Phi) is 6.68. The van der Waals surface area contributed by atoms with Crippen LogP contribution in [0.4, 0.5) is 13.2 Å². The van der Waals surface area contributed by atoms with E-state index in [-0.39, 0.29) is 17.5 Å². The van der Waals surface area contributed by atoms with Gasteiger partial charge in [0.25, 0.3) is 5.91 Å². The Bertz CT molecular complexity index is 1100. The molecule has 0 fully saturated rings. The fraction of sp³-hybridized carbons (Fsp3) is 0.429. The van der Waals surface area contributed by atoms with E-state index in [1.807, 2.05) is 18.4 Å². The summed E-state index contributed by atoms with van der Waals surface area (Å²) in [6, 6.07) is 3.14. The Morgan fingerprint density at radius 3 is 2.44 bits per heavy atom. The molecule has 3 aromatic rings. The number of nitrogens with zero attached hydrogens (tertiary/aromatic N) is 4. The van der Waals surface area contributed by atoms with Crippen molar-refractivity contribution in [3.8, 4) is 5.75 Å². The van der Waals surface area contributed by atoms with Gasteiger partial charge < -0.3 is 19.4 Å². The number of aromatic nitrogens is 4. The number of ether oxygens (including phenoxy) is 2. The molecule has 0 aliphatic rings. The number of rotatable bonds is 7. The molecule has 8 nitrogen and oxygen atoms in total. The number of carbonyl (C=O) groups is 1. The summed E-state index contributed by atoms with van der Waals surface area (Å²) in [4.78, 5) is 25.5. The molecule has 0 aliphatic carbocycles. The van der Waals surface area contributed by atoms with Crippen LogP contribution in [0, 0.1) is 6.92 Å². The van der Waals surface area contributed by atoms with Gasteiger partial charge >= 0.3 is 6.36 Å². The van der Waals surface area contributed by atoms with Crippen molar-refractivity contribution in [2.24, 2.45) is 0 Å². The number of methoxy groups -OCH3 is 1. The quantitative estimate of drug-likeness (QED) is 0.581. The smallest absolute Gasteiger partial charge is 0.406 e. The summed E-state index contributed by atoms with van der Waals surface area (Å²) in [7, 11) is 1.49. The van der Waals surface area contributed by atoms with Gasteiger partial charge in [0.05, 0.1) is 29.0 Å². The molecule has 0 bridgehead atoms. The summed E-state index contributed by atoms with van der Waals surface area (Å²) in [6.07, 6.45) is -2.47. The molecule has 1 aromatic carbocycles. The van der Waals surface area contributed by atoms with E-state index >= 15 is 0 Å². The number of hydrogen-bond acceptors (Lipinski definition) is 6. The Balaban J connectivity index is 2.05. The minimum atomic E-state index is -4.81. The average molecular weight is 451 g/mol. The first kappa shape index (κ1) is 23.5. The molecular weight excluding hydrogens is 427 g/mol. The molecule has 1 amide bonds. The third-order valence-corrected chi connectivity index (χ3v) is 4.86. The van der Waals surface area contributed by atoms with E-state index in [0.29, 0.717) is 22.6 Å². The van der Waals surface area contributed by atoms with Gasteiger partial charge in [-0.2, -0.15) is 0 Å². The summed E-state index contributed by atoms with van der Waals surface area (Å²) in [6.45, 7) is 7.33. The highest BCUT2D eigenvalue weighted by Crippen LogP contribution is 2.31. The van der Waals surface area contributed by atoms with Crippen molar-refractivity contribution in [3.05, 3.63) is 47.8 Å².